The Morgan fingerprint density at radius 2 is 2.15 bits per heavy atom. The van der Waals surface area contributed by atoms with Crippen LogP contribution >= 0.6 is 39.3 Å². The molecule has 0 saturated carbocycles. The first kappa shape index (κ1) is 15.8. The third-order valence-corrected chi connectivity index (χ3v) is 5.06. The monoisotopic (exact) mass is 370 g/mol. The summed E-state index contributed by atoms with van der Waals surface area (Å²) in [6.45, 7) is 5.09. The lowest BCUT2D eigenvalue weighted by molar-refractivity contribution is 0.589. The molecule has 106 valence electrons. The molecule has 1 heterocycles. The molecule has 0 aliphatic carbocycles. The number of nitrogens with zero attached hydrogens (tertiary/aromatic N) is 1. The Bertz CT molecular complexity index is 590. The lowest BCUT2D eigenvalue weighted by Crippen LogP contribution is -2.21. The van der Waals surface area contributed by atoms with Gasteiger partial charge in [0.25, 0.3) is 0 Å². The fourth-order valence-corrected chi connectivity index (χ4v) is 3.21. The molecule has 1 N–H and O–H groups in total. The van der Waals surface area contributed by atoms with Crippen LogP contribution < -0.4 is 5.32 Å². The Morgan fingerprint density at radius 1 is 1.35 bits per heavy atom. The number of halogens is 2. The maximum absolute atomic E-state index is 6.36. The number of hydrogen-bond acceptors (Lipinski definition) is 3. The summed E-state index contributed by atoms with van der Waals surface area (Å²) in [7, 11) is 0. The van der Waals surface area contributed by atoms with Crippen LogP contribution in [0.3, 0.4) is 0 Å². The minimum atomic E-state index is 0.465. The molecule has 0 saturated heterocycles. The van der Waals surface area contributed by atoms with Gasteiger partial charge in [-0.05, 0) is 45.8 Å². The minimum Gasteiger partial charge on any atom is -0.310 e. The second kappa shape index (κ2) is 7.46. The topological polar surface area (TPSA) is 24.9 Å². The van der Waals surface area contributed by atoms with Crippen LogP contribution in [-0.4, -0.2) is 11.0 Å². The van der Waals surface area contributed by atoms with Crippen molar-refractivity contribution in [1.82, 2.24) is 10.3 Å². The Kier molecular flexibility index (Phi) is 5.90. The summed E-state index contributed by atoms with van der Waals surface area (Å²) in [5, 5.41) is 5.06. The van der Waals surface area contributed by atoms with Crippen LogP contribution in [0.1, 0.15) is 19.4 Å². The molecular formula is C15H16BrClN2S. The standard InChI is InChI=1S/C15H16BrClN2S/c1-10(2)19-9-11-5-6-14(13(17)8-11)20-15-12(16)4-3-7-18-15/h3-8,10,19H,9H2,1-2H3. The molecule has 2 aromatic rings. The van der Waals surface area contributed by atoms with E-state index in [1.807, 2.05) is 24.3 Å². The molecule has 0 atom stereocenters. The zero-order valence-electron chi connectivity index (χ0n) is 11.4. The SMILES string of the molecule is CC(C)NCc1ccc(Sc2ncccc2Br)c(Cl)c1. The van der Waals surface area contributed by atoms with Crippen LogP contribution in [-0.2, 0) is 6.54 Å². The maximum atomic E-state index is 6.36. The third kappa shape index (κ3) is 4.48. The lowest BCUT2D eigenvalue weighted by Gasteiger charge is -2.10. The van der Waals surface area contributed by atoms with Gasteiger partial charge in [0.1, 0.15) is 5.03 Å². The van der Waals surface area contributed by atoms with E-state index in [4.69, 9.17) is 11.6 Å². The van der Waals surface area contributed by atoms with E-state index in [0.29, 0.717) is 6.04 Å². The highest BCUT2D eigenvalue weighted by atomic mass is 79.9. The predicted molar refractivity (Wildman–Crippen MR) is 89.5 cm³/mol. The molecule has 0 spiro atoms. The van der Waals surface area contributed by atoms with Crippen LogP contribution in [0.25, 0.3) is 0 Å². The van der Waals surface area contributed by atoms with Crippen molar-refractivity contribution in [1.29, 1.82) is 0 Å². The second-order valence-electron chi connectivity index (χ2n) is 4.69. The number of pyridine rings is 1. The molecule has 0 aliphatic heterocycles. The highest BCUT2D eigenvalue weighted by Gasteiger charge is 2.08. The van der Waals surface area contributed by atoms with E-state index in [1.54, 1.807) is 18.0 Å². The van der Waals surface area contributed by atoms with Crippen LogP contribution in [0.5, 0.6) is 0 Å². The molecule has 1 aromatic carbocycles. The Hall–Kier alpha value is -0.550. The maximum Gasteiger partial charge on any atom is 0.115 e. The Balaban J connectivity index is 2.12. The van der Waals surface area contributed by atoms with Gasteiger partial charge >= 0.3 is 0 Å². The number of nitrogens with one attached hydrogen (secondary N) is 1. The van der Waals surface area contributed by atoms with E-state index in [2.05, 4.69) is 46.1 Å². The van der Waals surface area contributed by atoms with Gasteiger partial charge in [0.05, 0.1) is 9.50 Å². The summed E-state index contributed by atoms with van der Waals surface area (Å²) in [6, 6.07) is 10.5. The number of hydrogen-bond donors (Lipinski definition) is 1. The van der Waals surface area contributed by atoms with E-state index >= 15 is 0 Å². The summed E-state index contributed by atoms with van der Waals surface area (Å²) in [6.07, 6.45) is 1.78. The van der Waals surface area contributed by atoms with Crippen molar-refractivity contribution >= 4 is 39.3 Å². The zero-order valence-corrected chi connectivity index (χ0v) is 14.5. The van der Waals surface area contributed by atoms with E-state index in [9.17, 15) is 0 Å². The Labute approximate surface area is 137 Å². The molecule has 0 bridgehead atoms. The molecule has 2 nitrogen and oxygen atoms in total. The molecule has 0 fully saturated rings. The van der Waals surface area contributed by atoms with Gasteiger partial charge in [0, 0.05) is 23.7 Å². The minimum absolute atomic E-state index is 0.465. The summed E-state index contributed by atoms with van der Waals surface area (Å²) in [5.41, 5.74) is 1.19. The van der Waals surface area contributed by atoms with E-state index < -0.39 is 0 Å². The third-order valence-electron chi connectivity index (χ3n) is 2.64. The highest BCUT2D eigenvalue weighted by molar-refractivity contribution is 9.10. The van der Waals surface area contributed by atoms with Gasteiger partial charge < -0.3 is 5.32 Å². The molecular weight excluding hydrogens is 356 g/mol. The first-order valence-electron chi connectivity index (χ1n) is 6.36. The van der Waals surface area contributed by atoms with Crippen LogP contribution in [0.4, 0.5) is 0 Å². The van der Waals surface area contributed by atoms with Gasteiger partial charge in [-0.1, -0.05) is 43.3 Å². The molecule has 1 aromatic heterocycles. The zero-order chi connectivity index (χ0) is 14.5. The molecule has 20 heavy (non-hydrogen) atoms. The summed E-state index contributed by atoms with van der Waals surface area (Å²) >= 11 is 11.4. The van der Waals surface area contributed by atoms with Crippen molar-refractivity contribution in [3.63, 3.8) is 0 Å². The van der Waals surface area contributed by atoms with Gasteiger partial charge in [-0.15, -0.1) is 0 Å². The second-order valence-corrected chi connectivity index (χ2v) is 6.99. The summed E-state index contributed by atoms with van der Waals surface area (Å²) in [4.78, 5) is 5.36. The number of benzene rings is 1. The van der Waals surface area contributed by atoms with Crippen LogP contribution in [0, 0.1) is 0 Å². The van der Waals surface area contributed by atoms with E-state index in [0.717, 1.165) is 26.0 Å². The van der Waals surface area contributed by atoms with Crippen LogP contribution in [0.2, 0.25) is 5.02 Å². The summed E-state index contributed by atoms with van der Waals surface area (Å²) in [5.74, 6) is 0. The van der Waals surface area contributed by atoms with Crippen molar-refractivity contribution in [3.8, 4) is 0 Å². The molecule has 0 unspecified atom stereocenters. The van der Waals surface area contributed by atoms with E-state index in [-0.39, 0.29) is 0 Å². The van der Waals surface area contributed by atoms with Gasteiger partial charge in [0.2, 0.25) is 0 Å². The number of aromatic nitrogens is 1. The fourth-order valence-electron chi connectivity index (χ4n) is 1.61. The summed E-state index contributed by atoms with van der Waals surface area (Å²) < 4.78 is 0.978. The van der Waals surface area contributed by atoms with Gasteiger partial charge in [-0.2, -0.15) is 0 Å². The average molecular weight is 372 g/mol. The molecule has 5 heteroatoms. The molecule has 0 aliphatic rings. The number of rotatable bonds is 5. The van der Waals surface area contributed by atoms with Crippen LogP contribution in [0.15, 0.2) is 50.9 Å². The highest BCUT2D eigenvalue weighted by Crippen LogP contribution is 2.36. The largest absolute Gasteiger partial charge is 0.310 e. The normalized spacial score (nSPS) is 11.1. The van der Waals surface area contributed by atoms with Crippen molar-refractivity contribution in [3.05, 3.63) is 51.6 Å². The van der Waals surface area contributed by atoms with Gasteiger partial charge in [0.15, 0.2) is 0 Å². The van der Waals surface area contributed by atoms with Crippen molar-refractivity contribution in [2.75, 3.05) is 0 Å². The van der Waals surface area contributed by atoms with E-state index in [1.165, 1.54) is 5.56 Å². The first-order valence-corrected chi connectivity index (χ1v) is 8.35. The molecule has 0 radical (unpaired) electrons. The first-order chi connectivity index (χ1) is 9.56. The average Bonchev–Trinajstić information content (AvgIpc) is 2.41. The van der Waals surface area contributed by atoms with Crippen molar-refractivity contribution < 1.29 is 0 Å². The van der Waals surface area contributed by atoms with Crippen molar-refractivity contribution in [2.45, 2.75) is 36.4 Å². The van der Waals surface area contributed by atoms with Gasteiger partial charge in [-0.25, -0.2) is 4.98 Å². The lowest BCUT2D eigenvalue weighted by atomic mass is 10.2. The predicted octanol–water partition coefficient (Wildman–Crippen LogP) is 5.15. The quantitative estimate of drug-likeness (QED) is 0.787. The smallest absolute Gasteiger partial charge is 0.115 e. The Morgan fingerprint density at radius 3 is 2.80 bits per heavy atom. The fraction of sp³-hybridized carbons (Fsp3) is 0.267. The molecule has 0 amide bonds. The van der Waals surface area contributed by atoms with Gasteiger partial charge in [-0.3, -0.25) is 0 Å². The molecule has 2 rings (SSSR count). The van der Waals surface area contributed by atoms with Crippen molar-refractivity contribution in [2.24, 2.45) is 0 Å².